The summed E-state index contributed by atoms with van der Waals surface area (Å²) in [6.07, 6.45) is 11.1. The molecule has 2 unspecified atom stereocenters. The number of piperidine rings is 1. The average Bonchev–Trinajstić information content (AvgIpc) is 3.35. The fraction of sp³-hybridized carbons (Fsp3) is 0.714. The van der Waals surface area contributed by atoms with Gasteiger partial charge in [0.05, 0.1) is 26.2 Å². The van der Waals surface area contributed by atoms with Crippen LogP contribution in [-0.2, 0) is 11.8 Å². The van der Waals surface area contributed by atoms with Gasteiger partial charge in [0, 0.05) is 30.1 Å². The van der Waals surface area contributed by atoms with E-state index >= 15 is 0 Å². The standard InChI is InChI=1S/C21H29NO/c1-22(14-15-5-6-15)11-10-21-9-3-2-4-18(21)20(22)12-16-7-8-17(23)13-19(16)21/h7-8,13,15,18,20H,2-6,9-12,14H2,1H3/p+1/t18?,20?,21-,22-/m0/s1. The summed E-state index contributed by atoms with van der Waals surface area (Å²) in [6.45, 7) is 2.78. The highest BCUT2D eigenvalue weighted by molar-refractivity contribution is 5.44. The Balaban J connectivity index is 1.62. The lowest BCUT2D eigenvalue weighted by Crippen LogP contribution is -2.68. The minimum Gasteiger partial charge on any atom is -0.508 e. The van der Waals surface area contributed by atoms with Crippen molar-refractivity contribution in [3.8, 4) is 5.75 Å². The monoisotopic (exact) mass is 312 g/mol. The number of nitrogens with zero attached hydrogens (tertiary/aromatic N) is 1. The topological polar surface area (TPSA) is 20.2 Å². The molecule has 0 radical (unpaired) electrons. The van der Waals surface area contributed by atoms with E-state index in [0.717, 1.165) is 17.9 Å². The van der Waals surface area contributed by atoms with Crippen LogP contribution < -0.4 is 0 Å². The maximum atomic E-state index is 10.1. The molecule has 1 aromatic rings. The van der Waals surface area contributed by atoms with E-state index in [2.05, 4.69) is 19.2 Å². The van der Waals surface area contributed by atoms with Crippen molar-refractivity contribution >= 4 is 0 Å². The summed E-state index contributed by atoms with van der Waals surface area (Å²) in [5.74, 6) is 2.34. The Morgan fingerprint density at radius 2 is 2.04 bits per heavy atom. The zero-order valence-electron chi connectivity index (χ0n) is 14.4. The normalized spacial score (nSPS) is 42.0. The van der Waals surface area contributed by atoms with Crippen molar-refractivity contribution in [3.05, 3.63) is 29.3 Å². The molecular weight excluding hydrogens is 282 g/mol. The summed E-state index contributed by atoms with van der Waals surface area (Å²) < 4.78 is 1.33. The molecule has 1 N–H and O–H groups in total. The molecule has 2 bridgehead atoms. The van der Waals surface area contributed by atoms with Gasteiger partial charge in [0.1, 0.15) is 5.75 Å². The molecule has 2 heteroatoms. The minimum absolute atomic E-state index is 0.385. The fourth-order valence-corrected chi connectivity index (χ4v) is 6.57. The van der Waals surface area contributed by atoms with Gasteiger partial charge in [-0.25, -0.2) is 0 Å². The predicted molar refractivity (Wildman–Crippen MR) is 92.5 cm³/mol. The van der Waals surface area contributed by atoms with Crippen LogP contribution in [0.25, 0.3) is 0 Å². The predicted octanol–water partition coefficient (Wildman–Crippen LogP) is 4.01. The quantitative estimate of drug-likeness (QED) is 0.818. The number of rotatable bonds is 2. The number of hydrogen-bond donors (Lipinski definition) is 1. The van der Waals surface area contributed by atoms with E-state index in [1.165, 1.54) is 74.5 Å². The van der Waals surface area contributed by atoms with Crippen molar-refractivity contribution in [1.82, 2.24) is 0 Å². The lowest BCUT2D eigenvalue weighted by Gasteiger charge is -2.61. The summed E-state index contributed by atoms with van der Waals surface area (Å²) in [4.78, 5) is 0. The van der Waals surface area contributed by atoms with E-state index in [1.54, 1.807) is 5.56 Å². The molecule has 0 spiro atoms. The number of phenolic OH excluding ortho intramolecular Hbond substituents is 1. The summed E-state index contributed by atoms with van der Waals surface area (Å²) in [5, 5.41) is 10.1. The molecule has 1 saturated heterocycles. The third-order valence-electron chi connectivity index (χ3n) is 7.86. The van der Waals surface area contributed by atoms with Crippen molar-refractivity contribution in [2.75, 3.05) is 20.1 Å². The third-order valence-corrected chi connectivity index (χ3v) is 7.86. The second kappa shape index (κ2) is 4.75. The van der Waals surface area contributed by atoms with Crippen molar-refractivity contribution in [1.29, 1.82) is 0 Å². The lowest BCUT2D eigenvalue weighted by atomic mass is 9.52. The molecule has 0 aromatic heterocycles. The van der Waals surface area contributed by atoms with Gasteiger partial charge in [-0.15, -0.1) is 0 Å². The highest BCUT2D eigenvalue weighted by Crippen LogP contribution is 2.58. The first kappa shape index (κ1) is 14.3. The Kier molecular flexibility index (Phi) is 2.96. The van der Waals surface area contributed by atoms with Gasteiger partial charge in [0.2, 0.25) is 0 Å². The third kappa shape index (κ3) is 2.03. The van der Waals surface area contributed by atoms with Gasteiger partial charge in [0.25, 0.3) is 0 Å². The number of benzene rings is 1. The Bertz CT molecular complexity index is 637. The van der Waals surface area contributed by atoms with Gasteiger partial charge in [-0.3, -0.25) is 0 Å². The number of likely N-dealkylation sites (N-methyl/N-ethyl adjacent to an activating group) is 1. The summed E-state index contributed by atoms with van der Waals surface area (Å²) in [7, 11) is 2.56. The SMILES string of the molecule is C[N@@+]1(CC2CC2)CC[C@@]23CCCCC2C1Cc1ccc(O)cc13. The first-order valence-electron chi connectivity index (χ1n) is 9.77. The van der Waals surface area contributed by atoms with Crippen LogP contribution in [0.2, 0.25) is 0 Å². The van der Waals surface area contributed by atoms with E-state index in [0.29, 0.717) is 11.2 Å². The number of aromatic hydroxyl groups is 1. The molecule has 2 saturated carbocycles. The smallest absolute Gasteiger partial charge is 0.115 e. The first-order chi connectivity index (χ1) is 11.1. The molecule has 3 aliphatic carbocycles. The number of phenols is 1. The number of likely N-dealkylation sites (tertiary alicyclic amines) is 1. The molecule has 5 rings (SSSR count). The minimum atomic E-state index is 0.385. The molecule has 1 aliphatic heterocycles. The molecule has 4 aliphatic rings. The molecule has 2 nitrogen and oxygen atoms in total. The fourth-order valence-electron chi connectivity index (χ4n) is 6.57. The first-order valence-corrected chi connectivity index (χ1v) is 9.77. The van der Waals surface area contributed by atoms with Crippen LogP contribution in [0.1, 0.15) is 56.1 Å². The van der Waals surface area contributed by atoms with Crippen molar-refractivity contribution < 1.29 is 9.59 Å². The second-order valence-electron chi connectivity index (χ2n) is 9.20. The molecule has 1 aromatic carbocycles. The molecule has 0 amide bonds. The largest absolute Gasteiger partial charge is 0.508 e. The molecule has 1 heterocycles. The zero-order chi connectivity index (χ0) is 15.7. The van der Waals surface area contributed by atoms with Crippen LogP contribution in [0, 0.1) is 11.8 Å². The van der Waals surface area contributed by atoms with Gasteiger partial charge in [-0.1, -0.05) is 18.9 Å². The second-order valence-corrected chi connectivity index (χ2v) is 9.20. The van der Waals surface area contributed by atoms with E-state index in [-0.39, 0.29) is 0 Å². The number of quaternary nitrogens is 1. The molecular formula is C21H30NO+. The van der Waals surface area contributed by atoms with E-state index in [1.807, 2.05) is 6.07 Å². The van der Waals surface area contributed by atoms with E-state index < -0.39 is 0 Å². The van der Waals surface area contributed by atoms with E-state index in [4.69, 9.17) is 0 Å². The maximum absolute atomic E-state index is 10.1. The van der Waals surface area contributed by atoms with Crippen LogP contribution in [0.5, 0.6) is 5.75 Å². The Hall–Kier alpha value is -1.02. The summed E-state index contributed by atoms with van der Waals surface area (Å²) >= 11 is 0. The average molecular weight is 312 g/mol. The molecule has 3 fully saturated rings. The van der Waals surface area contributed by atoms with E-state index in [9.17, 15) is 5.11 Å². The highest BCUT2D eigenvalue weighted by Gasteiger charge is 2.59. The van der Waals surface area contributed by atoms with Gasteiger partial charge in [-0.2, -0.15) is 0 Å². The van der Waals surface area contributed by atoms with Gasteiger partial charge < -0.3 is 9.59 Å². The van der Waals surface area contributed by atoms with Gasteiger partial charge in [0.15, 0.2) is 0 Å². The van der Waals surface area contributed by atoms with Crippen molar-refractivity contribution in [2.45, 2.75) is 62.8 Å². The maximum Gasteiger partial charge on any atom is 0.115 e. The van der Waals surface area contributed by atoms with Crippen molar-refractivity contribution in [3.63, 3.8) is 0 Å². The molecule has 4 atom stereocenters. The van der Waals surface area contributed by atoms with Crippen LogP contribution in [0.4, 0.5) is 0 Å². The molecule has 23 heavy (non-hydrogen) atoms. The van der Waals surface area contributed by atoms with Crippen molar-refractivity contribution in [2.24, 2.45) is 11.8 Å². The molecule has 124 valence electrons. The Morgan fingerprint density at radius 1 is 1.17 bits per heavy atom. The zero-order valence-corrected chi connectivity index (χ0v) is 14.4. The van der Waals surface area contributed by atoms with Crippen LogP contribution in [-0.4, -0.2) is 35.8 Å². The van der Waals surface area contributed by atoms with Crippen LogP contribution >= 0.6 is 0 Å². The lowest BCUT2D eigenvalue weighted by molar-refractivity contribution is -0.946. The van der Waals surface area contributed by atoms with Crippen LogP contribution in [0.15, 0.2) is 18.2 Å². The number of hydrogen-bond acceptors (Lipinski definition) is 1. The van der Waals surface area contributed by atoms with Gasteiger partial charge >= 0.3 is 0 Å². The summed E-state index contributed by atoms with van der Waals surface area (Å²) in [6, 6.07) is 7.10. The number of fused-ring (bicyclic) bond motifs is 1. The van der Waals surface area contributed by atoms with Gasteiger partial charge in [-0.05, 0) is 48.9 Å². The Labute approximate surface area is 140 Å². The summed E-state index contributed by atoms with van der Waals surface area (Å²) in [5.41, 5.74) is 3.46. The highest BCUT2D eigenvalue weighted by atomic mass is 16.3. The van der Waals surface area contributed by atoms with Crippen LogP contribution in [0.3, 0.4) is 0 Å². The Morgan fingerprint density at radius 3 is 2.87 bits per heavy atom.